The molecule has 3 aromatic carbocycles. The average molecular weight is 633 g/mol. The van der Waals surface area contributed by atoms with E-state index in [1.807, 2.05) is 6.08 Å². The van der Waals surface area contributed by atoms with Gasteiger partial charge in [0.2, 0.25) is 0 Å². The molecule has 1 fully saturated rings. The summed E-state index contributed by atoms with van der Waals surface area (Å²) < 4.78 is 151. The van der Waals surface area contributed by atoms with Crippen molar-refractivity contribution in [3.63, 3.8) is 0 Å². The monoisotopic (exact) mass is 632 g/mol. The van der Waals surface area contributed by atoms with E-state index in [0.29, 0.717) is 24.3 Å². The molecule has 0 bridgehead atoms. The highest BCUT2D eigenvalue weighted by atomic mass is 19.3. The van der Waals surface area contributed by atoms with Gasteiger partial charge in [0.05, 0.1) is 11.8 Å². The number of allylic oxidation sites excluding steroid dienone is 2. The number of hydrogen-bond acceptors (Lipinski definition) is 2. The Labute approximate surface area is 246 Å². The maximum Gasteiger partial charge on any atom is 0.432 e. The molecule has 2 nitrogen and oxygen atoms in total. The lowest BCUT2D eigenvalue weighted by molar-refractivity contribution is -0.189. The smallest absolute Gasteiger partial charge is 0.432 e. The number of benzene rings is 3. The minimum Gasteiger partial charge on any atom is -0.459 e. The van der Waals surface area contributed by atoms with Gasteiger partial charge in [0.1, 0.15) is 34.6 Å². The van der Waals surface area contributed by atoms with Gasteiger partial charge in [-0.1, -0.05) is 6.08 Å². The maximum atomic E-state index is 15.1. The third-order valence-electron chi connectivity index (χ3n) is 7.41. The van der Waals surface area contributed by atoms with Gasteiger partial charge in [-0.2, -0.15) is 8.78 Å². The Morgan fingerprint density at radius 2 is 1.36 bits per heavy atom. The topological polar surface area (TPSA) is 18.5 Å². The maximum absolute atomic E-state index is 15.1. The first-order chi connectivity index (χ1) is 20.8. The highest BCUT2D eigenvalue weighted by molar-refractivity contribution is 5.66. The molecule has 1 aliphatic carbocycles. The van der Waals surface area contributed by atoms with Crippen LogP contribution >= 0.6 is 0 Å². The van der Waals surface area contributed by atoms with Crippen LogP contribution in [0.4, 0.5) is 43.9 Å². The molecule has 1 saturated carbocycles. The first-order valence-corrected chi connectivity index (χ1v) is 13.6. The summed E-state index contributed by atoms with van der Waals surface area (Å²) in [4.78, 5) is 0. The van der Waals surface area contributed by atoms with Crippen LogP contribution < -0.4 is 9.47 Å². The fourth-order valence-corrected chi connectivity index (χ4v) is 5.31. The second-order valence-corrected chi connectivity index (χ2v) is 10.4. The molecule has 0 spiro atoms. The molecule has 0 amide bonds. The summed E-state index contributed by atoms with van der Waals surface area (Å²) in [6.45, 7) is 3.70. The van der Waals surface area contributed by atoms with Crippen LogP contribution in [0.25, 0.3) is 11.1 Å². The van der Waals surface area contributed by atoms with Crippen LogP contribution in [-0.4, -0.2) is 6.43 Å². The van der Waals surface area contributed by atoms with Crippen LogP contribution in [0.5, 0.6) is 11.5 Å². The molecule has 0 unspecified atom stereocenters. The molecule has 12 heteroatoms. The van der Waals surface area contributed by atoms with Gasteiger partial charge >= 0.3 is 6.11 Å². The van der Waals surface area contributed by atoms with Gasteiger partial charge in [0.25, 0.3) is 6.43 Å². The second kappa shape index (κ2) is 13.8. The zero-order valence-electron chi connectivity index (χ0n) is 23.0. The molecule has 0 N–H and O–H groups in total. The number of rotatable bonds is 11. The summed E-state index contributed by atoms with van der Waals surface area (Å²) in [6, 6.07) is 3.05. The summed E-state index contributed by atoms with van der Waals surface area (Å²) in [5.74, 6) is -11.6. The van der Waals surface area contributed by atoms with Crippen LogP contribution in [0, 0.1) is 40.8 Å². The van der Waals surface area contributed by atoms with Crippen molar-refractivity contribution in [3.8, 4) is 22.6 Å². The minimum absolute atomic E-state index is 0.121. The molecule has 3 aromatic rings. The van der Waals surface area contributed by atoms with Crippen molar-refractivity contribution in [1.29, 1.82) is 0 Å². The lowest BCUT2D eigenvalue weighted by Gasteiger charge is -2.29. The lowest BCUT2D eigenvalue weighted by atomic mass is 9.77. The van der Waals surface area contributed by atoms with E-state index in [2.05, 4.69) is 16.1 Å². The Balaban J connectivity index is 1.55. The molecule has 0 aromatic heterocycles. The van der Waals surface area contributed by atoms with Gasteiger partial charge in [0, 0.05) is 18.2 Å². The van der Waals surface area contributed by atoms with E-state index < -0.39 is 75.6 Å². The first kappa shape index (κ1) is 32.9. The first-order valence-electron chi connectivity index (χ1n) is 13.6. The van der Waals surface area contributed by atoms with E-state index in [1.165, 1.54) is 0 Å². The number of ether oxygens (including phenoxy) is 2. The molecule has 4 rings (SSSR count). The molecule has 1 aliphatic rings. The van der Waals surface area contributed by atoms with E-state index in [0.717, 1.165) is 37.8 Å². The molecule has 0 heterocycles. The third-order valence-corrected chi connectivity index (χ3v) is 7.41. The van der Waals surface area contributed by atoms with Gasteiger partial charge in [-0.25, -0.2) is 35.1 Å². The van der Waals surface area contributed by atoms with Crippen molar-refractivity contribution < 1.29 is 53.4 Å². The molecule has 0 atom stereocenters. The van der Waals surface area contributed by atoms with E-state index >= 15 is 8.78 Å². The number of alkyl halides is 4. The van der Waals surface area contributed by atoms with Gasteiger partial charge in [-0.3, -0.25) is 0 Å². The largest absolute Gasteiger partial charge is 0.459 e. The fraction of sp³-hybridized carbons (Fsp3) is 0.312. The second-order valence-electron chi connectivity index (χ2n) is 10.4. The van der Waals surface area contributed by atoms with Gasteiger partial charge < -0.3 is 9.47 Å². The van der Waals surface area contributed by atoms with E-state index in [9.17, 15) is 35.1 Å². The quantitative estimate of drug-likeness (QED) is 0.119. The third kappa shape index (κ3) is 7.57. The van der Waals surface area contributed by atoms with Gasteiger partial charge in [-0.15, -0.1) is 6.58 Å². The average Bonchev–Trinajstić information content (AvgIpc) is 2.92. The highest BCUT2D eigenvalue weighted by Crippen LogP contribution is 2.42. The van der Waals surface area contributed by atoms with Crippen molar-refractivity contribution in [2.45, 2.75) is 57.0 Å². The molecular weight excluding hydrogens is 606 g/mol. The van der Waals surface area contributed by atoms with Crippen molar-refractivity contribution in [2.75, 3.05) is 0 Å². The molecular formula is C32H26F10O2. The standard InChI is InChI=1S/C32H26F10O2/c1-2-3-4-17-5-7-18(8-6-17)19-11-22(33)29(23(34)12-19)20-13-24(35)30(25(36)14-20)32(41,42)44-21-15-26(37)31(27(38)16-21)43-10-9-28(39)40/h2,9-18,28H,1,3-8H2/b10-9+. The Morgan fingerprint density at radius 3 is 1.89 bits per heavy atom. The van der Waals surface area contributed by atoms with E-state index in [-0.39, 0.29) is 42.5 Å². The van der Waals surface area contributed by atoms with E-state index in [4.69, 9.17) is 0 Å². The van der Waals surface area contributed by atoms with Gasteiger partial charge in [-0.05, 0) is 85.8 Å². The Bertz CT molecular complexity index is 1460. The highest BCUT2D eigenvalue weighted by Gasteiger charge is 2.42. The number of hydrogen-bond donors (Lipinski definition) is 0. The Kier molecular flexibility index (Phi) is 10.3. The summed E-state index contributed by atoms with van der Waals surface area (Å²) >= 11 is 0. The van der Waals surface area contributed by atoms with Crippen LogP contribution in [0.1, 0.15) is 55.6 Å². The predicted molar refractivity (Wildman–Crippen MR) is 142 cm³/mol. The predicted octanol–water partition coefficient (Wildman–Crippen LogP) is 10.7. The molecule has 236 valence electrons. The lowest BCUT2D eigenvalue weighted by Crippen LogP contribution is -2.25. The normalized spacial score (nSPS) is 17.3. The van der Waals surface area contributed by atoms with Crippen LogP contribution in [0.2, 0.25) is 0 Å². The minimum atomic E-state index is -4.87. The summed E-state index contributed by atoms with van der Waals surface area (Å²) in [5.41, 5.74) is -3.15. The molecule has 0 saturated heterocycles. The van der Waals surface area contributed by atoms with Crippen LogP contribution in [-0.2, 0) is 6.11 Å². The van der Waals surface area contributed by atoms with Crippen LogP contribution in [0.15, 0.2) is 61.4 Å². The Morgan fingerprint density at radius 1 is 0.795 bits per heavy atom. The van der Waals surface area contributed by atoms with Crippen molar-refractivity contribution in [1.82, 2.24) is 0 Å². The van der Waals surface area contributed by atoms with Crippen molar-refractivity contribution in [3.05, 3.63) is 107 Å². The zero-order chi connectivity index (χ0) is 32.2. The van der Waals surface area contributed by atoms with Crippen molar-refractivity contribution >= 4 is 0 Å². The molecule has 44 heavy (non-hydrogen) atoms. The molecule has 0 aliphatic heterocycles. The molecule has 0 radical (unpaired) electrons. The van der Waals surface area contributed by atoms with Crippen LogP contribution in [0.3, 0.4) is 0 Å². The summed E-state index contributed by atoms with van der Waals surface area (Å²) in [7, 11) is 0. The Hall–Kier alpha value is -3.96. The van der Waals surface area contributed by atoms with Crippen molar-refractivity contribution in [2.24, 2.45) is 5.92 Å². The zero-order valence-corrected chi connectivity index (χ0v) is 23.0. The van der Waals surface area contributed by atoms with E-state index in [1.54, 1.807) is 0 Å². The summed E-state index contributed by atoms with van der Waals surface area (Å²) in [5, 5.41) is 0. The fourth-order valence-electron chi connectivity index (χ4n) is 5.31. The SMILES string of the molecule is C=CCCC1CCC(c2cc(F)c(-c3cc(F)c(C(F)(F)Oc4cc(F)c(O/C=C/C(F)F)c(F)c4)c(F)c3)c(F)c2)CC1. The number of halogens is 10. The van der Waals surface area contributed by atoms with Gasteiger partial charge in [0.15, 0.2) is 17.4 Å². The summed E-state index contributed by atoms with van der Waals surface area (Å²) in [6.07, 6.45) is -0.624.